The van der Waals surface area contributed by atoms with E-state index in [1.165, 1.54) is 0 Å². The van der Waals surface area contributed by atoms with Crippen molar-refractivity contribution in [2.75, 3.05) is 0 Å². The van der Waals surface area contributed by atoms with Gasteiger partial charge in [-0.25, -0.2) is 4.98 Å². The normalized spacial score (nSPS) is 14.2. The van der Waals surface area contributed by atoms with E-state index in [0.717, 1.165) is 29.4 Å². The topological polar surface area (TPSA) is 57.8 Å². The number of aromatic amines is 1. The smallest absolute Gasteiger partial charge is 0.267 e. The van der Waals surface area contributed by atoms with Gasteiger partial charge in [0.1, 0.15) is 11.3 Å². The number of carbonyl (C=O) groups excluding carboxylic acids is 1. The maximum Gasteiger partial charge on any atom is 0.267 e. The fraction of sp³-hybridized carbons (Fsp3) is 0.176. The zero-order valence-corrected chi connectivity index (χ0v) is 12.5. The van der Waals surface area contributed by atoms with E-state index in [-0.39, 0.29) is 5.91 Å². The van der Waals surface area contributed by atoms with Gasteiger partial charge in [0.05, 0.1) is 0 Å². The Kier molecular flexibility index (Phi) is 3.12. The molecule has 2 aromatic heterocycles. The van der Waals surface area contributed by atoms with E-state index in [1.54, 1.807) is 6.20 Å². The monoisotopic (exact) mass is 311 g/mol. The average molecular weight is 312 g/mol. The third kappa shape index (κ3) is 2.46. The van der Waals surface area contributed by atoms with Gasteiger partial charge >= 0.3 is 0 Å². The molecule has 0 saturated heterocycles. The van der Waals surface area contributed by atoms with Gasteiger partial charge in [-0.15, -0.1) is 0 Å². The summed E-state index contributed by atoms with van der Waals surface area (Å²) in [5.74, 6) is -0.0717. The number of rotatable bonds is 3. The van der Waals surface area contributed by atoms with Crippen LogP contribution in [0, 0.1) is 0 Å². The van der Waals surface area contributed by atoms with Gasteiger partial charge in [0.25, 0.3) is 5.91 Å². The number of benzene rings is 1. The summed E-state index contributed by atoms with van der Waals surface area (Å²) in [5.41, 5.74) is 3.27. The highest BCUT2D eigenvalue weighted by Gasteiger charge is 2.24. The van der Waals surface area contributed by atoms with Gasteiger partial charge < -0.3 is 10.3 Å². The number of hydrogen-bond acceptors (Lipinski definition) is 2. The van der Waals surface area contributed by atoms with Crippen molar-refractivity contribution in [1.29, 1.82) is 0 Å². The summed E-state index contributed by atoms with van der Waals surface area (Å²) in [6.07, 6.45) is 3.87. The lowest BCUT2D eigenvalue weighted by Gasteiger charge is -2.03. The van der Waals surface area contributed by atoms with Gasteiger partial charge in [-0.2, -0.15) is 0 Å². The Morgan fingerprint density at radius 3 is 2.91 bits per heavy atom. The number of amides is 1. The zero-order chi connectivity index (χ0) is 15.1. The van der Waals surface area contributed by atoms with Crippen LogP contribution in [-0.4, -0.2) is 21.9 Å². The van der Waals surface area contributed by atoms with Crippen LogP contribution in [0.1, 0.15) is 23.3 Å². The van der Waals surface area contributed by atoms with Crippen molar-refractivity contribution < 1.29 is 4.79 Å². The van der Waals surface area contributed by atoms with Crippen molar-refractivity contribution in [3.8, 4) is 11.1 Å². The van der Waals surface area contributed by atoms with E-state index in [2.05, 4.69) is 15.3 Å². The highest BCUT2D eigenvalue weighted by atomic mass is 35.5. The van der Waals surface area contributed by atoms with Crippen molar-refractivity contribution in [2.45, 2.75) is 18.9 Å². The Balaban J connectivity index is 1.79. The predicted molar refractivity (Wildman–Crippen MR) is 87.0 cm³/mol. The second kappa shape index (κ2) is 5.14. The van der Waals surface area contributed by atoms with E-state index in [4.69, 9.17) is 11.6 Å². The molecule has 3 aromatic rings. The third-order valence-corrected chi connectivity index (χ3v) is 4.06. The summed E-state index contributed by atoms with van der Waals surface area (Å²) < 4.78 is 0. The predicted octanol–water partition coefficient (Wildman–Crippen LogP) is 3.78. The number of nitrogens with one attached hydrogen (secondary N) is 2. The third-order valence-electron chi connectivity index (χ3n) is 3.82. The summed E-state index contributed by atoms with van der Waals surface area (Å²) in [6.45, 7) is 0. The molecule has 0 radical (unpaired) electrons. The van der Waals surface area contributed by atoms with Crippen LogP contribution in [0.3, 0.4) is 0 Å². The number of aromatic nitrogens is 2. The Hall–Kier alpha value is -2.33. The molecule has 1 fully saturated rings. The average Bonchev–Trinajstić information content (AvgIpc) is 3.21. The van der Waals surface area contributed by atoms with Gasteiger partial charge in [-0.3, -0.25) is 4.79 Å². The summed E-state index contributed by atoms with van der Waals surface area (Å²) in [5, 5.41) is 4.59. The molecule has 0 aliphatic heterocycles. The quantitative estimate of drug-likeness (QED) is 0.773. The largest absolute Gasteiger partial charge is 0.348 e. The first-order valence-electron chi connectivity index (χ1n) is 7.25. The van der Waals surface area contributed by atoms with Crippen molar-refractivity contribution in [3.05, 3.63) is 53.3 Å². The minimum absolute atomic E-state index is 0.0717. The van der Waals surface area contributed by atoms with Crippen LogP contribution >= 0.6 is 11.6 Å². The van der Waals surface area contributed by atoms with Crippen LogP contribution < -0.4 is 5.32 Å². The number of H-pyrrole nitrogens is 1. The first-order chi connectivity index (χ1) is 10.7. The number of nitrogens with zero attached hydrogens (tertiary/aromatic N) is 1. The van der Waals surface area contributed by atoms with Gasteiger partial charge in [0.15, 0.2) is 0 Å². The summed E-state index contributed by atoms with van der Waals surface area (Å²) in [4.78, 5) is 19.6. The fourth-order valence-corrected chi connectivity index (χ4v) is 2.74. The molecule has 5 heteroatoms. The minimum Gasteiger partial charge on any atom is -0.348 e. The van der Waals surface area contributed by atoms with Gasteiger partial charge in [-0.05, 0) is 48.2 Å². The Bertz CT molecular complexity index is 867. The SMILES string of the molecule is O=C(NC1CC1)c1cc2c(-c3cccc(Cl)c3)ccnc2[nH]1. The lowest BCUT2D eigenvalue weighted by molar-refractivity contribution is 0.0947. The van der Waals surface area contributed by atoms with E-state index in [0.29, 0.717) is 22.4 Å². The van der Waals surface area contributed by atoms with E-state index in [9.17, 15) is 4.79 Å². The second-order valence-electron chi connectivity index (χ2n) is 5.56. The van der Waals surface area contributed by atoms with Crippen molar-refractivity contribution in [1.82, 2.24) is 15.3 Å². The lowest BCUT2D eigenvalue weighted by atomic mass is 10.0. The molecular weight excluding hydrogens is 298 g/mol. The molecule has 4 rings (SSSR count). The maximum atomic E-state index is 12.2. The van der Waals surface area contributed by atoms with E-state index in [1.807, 2.05) is 36.4 Å². The molecule has 1 aliphatic rings. The van der Waals surface area contributed by atoms with Crippen LogP contribution in [0.15, 0.2) is 42.6 Å². The molecule has 1 saturated carbocycles. The summed E-state index contributed by atoms with van der Waals surface area (Å²) in [7, 11) is 0. The highest BCUT2D eigenvalue weighted by Crippen LogP contribution is 2.30. The number of hydrogen-bond donors (Lipinski definition) is 2. The summed E-state index contributed by atoms with van der Waals surface area (Å²) >= 11 is 6.08. The molecule has 2 heterocycles. The first-order valence-corrected chi connectivity index (χ1v) is 7.63. The molecule has 0 spiro atoms. The molecule has 1 amide bonds. The Morgan fingerprint density at radius 2 is 2.14 bits per heavy atom. The van der Waals surface area contributed by atoms with Gasteiger partial charge in [0.2, 0.25) is 0 Å². The Labute approximate surface area is 132 Å². The Morgan fingerprint density at radius 1 is 1.27 bits per heavy atom. The molecule has 2 N–H and O–H groups in total. The van der Waals surface area contributed by atoms with Crippen LogP contribution in [0.25, 0.3) is 22.2 Å². The maximum absolute atomic E-state index is 12.2. The number of pyridine rings is 1. The molecule has 0 unspecified atom stereocenters. The summed E-state index contributed by atoms with van der Waals surface area (Å²) in [6, 6.07) is 11.8. The van der Waals surface area contributed by atoms with Crippen molar-refractivity contribution in [3.63, 3.8) is 0 Å². The molecule has 1 aromatic carbocycles. The van der Waals surface area contributed by atoms with Gasteiger partial charge in [-0.1, -0.05) is 23.7 Å². The van der Waals surface area contributed by atoms with Crippen LogP contribution in [-0.2, 0) is 0 Å². The molecular formula is C17H14ClN3O. The molecule has 0 bridgehead atoms. The zero-order valence-electron chi connectivity index (χ0n) is 11.8. The van der Waals surface area contributed by atoms with Gasteiger partial charge in [0, 0.05) is 22.6 Å². The van der Waals surface area contributed by atoms with Crippen molar-refractivity contribution in [2.24, 2.45) is 0 Å². The fourth-order valence-electron chi connectivity index (χ4n) is 2.55. The molecule has 110 valence electrons. The van der Waals surface area contributed by atoms with E-state index >= 15 is 0 Å². The first kappa shape index (κ1) is 13.3. The van der Waals surface area contributed by atoms with Crippen molar-refractivity contribution >= 4 is 28.5 Å². The molecule has 22 heavy (non-hydrogen) atoms. The molecule has 4 nitrogen and oxygen atoms in total. The lowest BCUT2D eigenvalue weighted by Crippen LogP contribution is -2.25. The number of carbonyl (C=O) groups is 1. The standard InChI is InChI=1S/C17H14ClN3O/c18-11-3-1-2-10(8-11)13-6-7-19-16-14(13)9-15(21-16)17(22)20-12-4-5-12/h1-3,6-9,12H,4-5H2,(H,19,21)(H,20,22). The van der Waals surface area contributed by atoms with E-state index < -0.39 is 0 Å². The van der Waals surface area contributed by atoms with Crippen LogP contribution in [0.2, 0.25) is 5.02 Å². The van der Waals surface area contributed by atoms with Crippen LogP contribution in [0.5, 0.6) is 0 Å². The molecule has 1 aliphatic carbocycles. The second-order valence-corrected chi connectivity index (χ2v) is 6.00. The number of halogens is 1. The number of fused-ring (bicyclic) bond motifs is 1. The minimum atomic E-state index is -0.0717. The highest BCUT2D eigenvalue weighted by molar-refractivity contribution is 6.30. The van der Waals surface area contributed by atoms with Crippen LogP contribution in [0.4, 0.5) is 0 Å². The molecule has 0 atom stereocenters.